The summed E-state index contributed by atoms with van der Waals surface area (Å²) in [7, 11) is 1.20. The van der Waals surface area contributed by atoms with Gasteiger partial charge in [-0.2, -0.15) is 5.26 Å². The van der Waals surface area contributed by atoms with Crippen molar-refractivity contribution < 1.29 is 0 Å². The molecule has 0 aliphatic heterocycles. The molecule has 0 saturated heterocycles. The smallest absolute Gasteiger partial charge is 0.101 e. The van der Waals surface area contributed by atoms with E-state index in [0.29, 0.717) is 11.3 Å². The van der Waals surface area contributed by atoms with Gasteiger partial charge >= 0.3 is 0 Å². The van der Waals surface area contributed by atoms with Gasteiger partial charge in [-0.15, -0.1) is 8.58 Å². The minimum atomic E-state index is 0.539. The molecule has 0 unspecified atom stereocenters. The van der Waals surface area contributed by atoms with Gasteiger partial charge in [-0.3, -0.25) is 0 Å². The second-order valence-corrected chi connectivity index (χ2v) is 4.57. The van der Waals surface area contributed by atoms with Crippen LogP contribution in [-0.2, 0) is 0 Å². The zero-order valence-electron chi connectivity index (χ0n) is 8.75. The molecule has 2 nitrogen and oxygen atoms in total. The molecule has 1 rings (SSSR count). The van der Waals surface area contributed by atoms with Crippen LogP contribution in [-0.4, -0.2) is 12.3 Å². The Kier molecular flexibility index (Phi) is 7.89. The van der Waals surface area contributed by atoms with E-state index in [-0.39, 0.29) is 0 Å². The van der Waals surface area contributed by atoms with E-state index in [1.807, 2.05) is 6.07 Å². The van der Waals surface area contributed by atoms with Gasteiger partial charge in [-0.05, 0) is 24.5 Å². The van der Waals surface area contributed by atoms with Gasteiger partial charge in [-0.1, -0.05) is 26.0 Å². The predicted molar refractivity (Wildman–Crippen MR) is 65.0 cm³/mol. The maximum absolute atomic E-state index is 8.39. The normalized spacial score (nSPS) is 8.36. The number of nitrogen functional groups attached to an aromatic ring is 1. The Hall–Kier alpha value is -1.06. The molecule has 0 aromatic heterocycles. The van der Waals surface area contributed by atoms with Crippen LogP contribution in [0.4, 0.5) is 5.69 Å². The van der Waals surface area contributed by atoms with Gasteiger partial charge < -0.3 is 5.73 Å². The van der Waals surface area contributed by atoms with Gasteiger partial charge in [0.25, 0.3) is 0 Å². The highest BCUT2D eigenvalue weighted by Crippen LogP contribution is 2.07. The monoisotopic (exact) mass is 208 g/mol. The number of rotatable bonds is 2. The fourth-order valence-electron chi connectivity index (χ4n) is 0.849. The van der Waals surface area contributed by atoms with E-state index in [0.717, 1.165) is 0 Å². The molecule has 0 fully saturated rings. The molecule has 0 aliphatic carbocycles. The highest BCUT2D eigenvalue weighted by Gasteiger charge is 1.90. The van der Waals surface area contributed by atoms with E-state index in [2.05, 4.69) is 13.8 Å². The average Bonchev–Trinajstić information content (AvgIpc) is 2.21. The van der Waals surface area contributed by atoms with Crippen molar-refractivity contribution in [2.45, 2.75) is 13.8 Å². The summed E-state index contributed by atoms with van der Waals surface area (Å²) in [6, 6.07) is 8.96. The van der Waals surface area contributed by atoms with Crippen LogP contribution < -0.4 is 5.73 Å². The molecule has 0 radical (unpaired) electrons. The third kappa shape index (κ3) is 5.56. The third-order valence-electron chi connectivity index (χ3n) is 1.58. The summed E-state index contributed by atoms with van der Waals surface area (Å²) in [5.74, 6) is 0. The van der Waals surface area contributed by atoms with E-state index in [4.69, 9.17) is 11.0 Å². The van der Waals surface area contributed by atoms with Crippen LogP contribution in [0.5, 0.6) is 0 Å². The minimum Gasteiger partial charge on any atom is -0.398 e. The van der Waals surface area contributed by atoms with Crippen molar-refractivity contribution in [2.24, 2.45) is 0 Å². The molecular formula is C11H17N2P. The molecule has 0 spiro atoms. The molecular weight excluding hydrogens is 191 g/mol. The van der Waals surface area contributed by atoms with Crippen molar-refractivity contribution in [3.63, 3.8) is 0 Å². The molecule has 0 aliphatic rings. The minimum absolute atomic E-state index is 0.539. The second-order valence-electron chi connectivity index (χ2n) is 2.66. The van der Waals surface area contributed by atoms with Crippen LogP contribution in [0, 0.1) is 11.3 Å². The number of nitriles is 1. The van der Waals surface area contributed by atoms with E-state index >= 15 is 0 Å². The molecule has 0 amide bonds. The lowest BCUT2D eigenvalue weighted by molar-refractivity contribution is 1.44. The van der Waals surface area contributed by atoms with Crippen molar-refractivity contribution in [3.8, 4) is 6.07 Å². The Balaban J connectivity index is 0.000000292. The summed E-state index contributed by atoms with van der Waals surface area (Å²) >= 11 is 0. The number of nitrogens with two attached hydrogens (primary N) is 1. The lowest BCUT2D eigenvalue weighted by Crippen LogP contribution is -1.87. The molecule has 0 bridgehead atoms. The summed E-state index contributed by atoms with van der Waals surface area (Å²) in [6.45, 7) is 4.45. The number of para-hydroxylation sites is 1. The van der Waals surface area contributed by atoms with Gasteiger partial charge in [0, 0.05) is 5.69 Å². The quantitative estimate of drug-likeness (QED) is 0.600. The zero-order valence-corrected chi connectivity index (χ0v) is 9.75. The molecule has 3 heteroatoms. The molecule has 0 saturated carbocycles. The fraction of sp³-hybridized carbons (Fsp3) is 0.364. The third-order valence-corrected chi connectivity index (χ3v) is 2.58. The first-order valence-electron chi connectivity index (χ1n) is 4.71. The topological polar surface area (TPSA) is 49.8 Å². The molecule has 0 heterocycles. The van der Waals surface area contributed by atoms with Crippen molar-refractivity contribution in [1.82, 2.24) is 0 Å². The van der Waals surface area contributed by atoms with Crippen LogP contribution >= 0.6 is 8.58 Å². The Bertz CT molecular complexity index is 290. The first kappa shape index (κ1) is 12.9. The highest BCUT2D eigenvalue weighted by molar-refractivity contribution is 7.37. The van der Waals surface area contributed by atoms with Crippen molar-refractivity contribution in [3.05, 3.63) is 29.8 Å². The van der Waals surface area contributed by atoms with E-state index in [1.54, 1.807) is 24.3 Å². The van der Waals surface area contributed by atoms with Crippen molar-refractivity contribution in [1.29, 1.82) is 5.26 Å². The molecule has 2 N–H and O–H groups in total. The maximum atomic E-state index is 8.39. The van der Waals surface area contributed by atoms with Crippen molar-refractivity contribution >= 4 is 14.3 Å². The predicted octanol–water partition coefficient (Wildman–Crippen LogP) is 2.85. The number of benzene rings is 1. The standard InChI is InChI=1S/C7H6N2.C4H11P/c8-5-6-3-1-2-4-7(6)9;1-3-5-4-2/h1-4H,9H2;5H,3-4H2,1-2H3. The Morgan fingerprint density at radius 3 is 2.14 bits per heavy atom. The first-order chi connectivity index (χ1) is 6.76. The van der Waals surface area contributed by atoms with Crippen LogP contribution in [0.1, 0.15) is 19.4 Å². The maximum Gasteiger partial charge on any atom is 0.101 e. The highest BCUT2D eigenvalue weighted by atomic mass is 31.1. The molecule has 1 aromatic rings. The van der Waals surface area contributed by atoms with E-state index < -0.39 is 0 Å². The summed E-state index contributed by atoms with van der Waals surface area (Å²) in [5.41, 5.74) is 6.49. The SMILES string of the molecule is CCPCC.N#Cc1ccccc1N. The van der Waals surface area contributed by atoms with Crippen LogP contribution in [0.15, 0.2) is 24.3 Å². The molecule has 76 valence electrons. The number of anilines is 1. The van der Waals surface area contributed by atoms with Gasteiger partial charge in [0.15, 0.2) is 0 Å². The fourth-order valence-corrected chi connectivity index (χ4v) is 1.35. The second kappa shape index (κ2) is 8.53. The van der Waals surface area contributed by atoms with Gasteiger partial charge in [-0.25, -0.2) is 0 Å². The molecule has 1 aromatic carbocycles. The average molecular weight is 208 g/mol. The lowest BCUT2D eigenvalue weighted by atomic mass is 10.2. The molecule has 14 heavy (non-hydrogen) atoms. The van der Waals surface area contributed by atoms with Gasteiger partial charge in [0.05, 0.1) is 5.56 Å². The lowest BCUT2D eigenvalue weighted by Gasteiger charge is -1.91. The summed E-state index contributed by atoms with van der Waals surface area (Å²) in [6.07, 6.45) is 2.74. The van der Waals surface area contributed by atoms with Gasteiger partial charge in [0.2, 0.25) is 0 Å². The Labute approximate surface area is 87.9 Å². The summed E-state index contributed by atoms with van der Waals surface area (Å²) in [4.78, 5) is 0. The Morgan fingerprint density at radius 1 is 1.29 bits per heavy atom. The van der Waals surface area contributed by atoms with Crippen LogP contribution in [0.3, 0.4) is 0 Å². The summed E-state index contributed by atoms with van der Waals surface area (Å²) < 4.78 is 0. The van der Waals surface area contributed by atoms with Crippen LogP contribution in [0.2, 0.25) is 0 Å². The summed E-state index contributed by atoms with van der Waals surface area (Å²) in [5, 5.41) is 8.39. The number of hydrogen-bond acceptors (Lipinski definition) is 2. The van der Waals surface area contributed by atoms with Gasteiger partial charge in [0.1, 0.15) is 6.07 Å². The largest absolute Gasteiger partial charge is 0.398 e. The Morgan fingerprint density at radius 2 is 1.86 bits per heavy atom. The van der Waals surface area contributed by atoms with E-state index in [1.165, 1.54) is 20.9 Å². The number of nitrogens with zero attached hydrogens (tertiary/aromatic N) is 1. The van der Waals surface area contributed by atoms with Crippen molar-refractivity contribution in [2.75, 3.05) is 18.1 Å². The first-order valence-corrected chi connectivity index (χ1v) is 6.13. The van der Waals surface area contributed by atoms with Crippen LogP contribution in [0.25, 0.3) is 0 Å². The zero-order chi connectivity index (χ0) is 10.8. The molecule has 0 atom stereocenters. The van der Waals surface area contributed by atoms with E-state index in [9.17, 15) is 0 Å². The number of hydrogen-bond donors (Lipinski definition) is 1.